The Balaban J connectivity index is 5.50. The van der Waals surface area contributed by atoms with Crippen molar-refractivity contribution in [2.24, 2.45) is 11.8 Å². The van der Waals surface area contributed by atoms with Crippen LogP contribution in [0.5, 0.6) is 0 Å². The third-order valence-corrected chi connectivity index (χ3v) is 20.4. The third-order valence-electron chi connectivity index (χ3n) is 18.0. The molecule has 4 atom stereocenters. The van der Waals surface area contributed by atoms with Crippen molar-refractivity contribution in [3.8, 4) is 0 Å². The fraction of sp³-hybridized carbons (Fsp3) is 0.852. The molecule has 596 valence electrons. The number of unbranched alkanes of at least 4 members (excludes halogenated alkanes) is 44. The van der Waals surface area contributed by atoms with Crippen molar-refractivity contribution >= 4 is 40.2 Å². The molecule has 21 heteroatoms. The zero-order valence-electron chi connectivity index (χ0n) is 65.2. The van der Waals surface area contributed by atoms with Gasteiger partial charge in [-0.1, -0.05) is 291 Å². The average Bonchev–Trinajstić information content (AvgIpc) is 0.900. The first kappa shape index (κ1) is 99.3. The highest BCUT2D eigenvalue weighted by atomic mass is 31.2. The lowest BCUT2D eigenvalue weighted by Crippen LogP contribution is -2.34. The van der Waals surface area contributed by atoms with Gasteiger partial charge in [-0.3, -0.25) is 9.59 Å². The number of carbonyl (C=O) groups is 4. The Morgan fingerprint density at radius 2 is 0.529 bits per heavy atom. The summed E-state index contributed by atoms with van der Waals surface area (Å²) in [4.78, 5) is 79.4. The molecule has 0 aliphatic rings. The van der Waals surface area contributed by atoms with Gasteiger partial charge in [-0.15, -0.1) is 0 Å². The minimum absolute atomic E-state index is 0.0982. The van der Waals surface area contributed by atoms with Gasteiger partial charge in [0.05, 0.1) is 0 Å². The van der Waals surface area contributed by atoms with Crippen molar-refractivity contribution in [3.63, 3.8) is 0 Å². The first-order valence-electron chi connectivity index (χ1n) is 41.3. The van der Waals surface area contributed by atoms with Crippen LogP contribution in [-0.4, -0.2) is 86.9 Å². The molecular weight excluding hydrogens is 1330 g/mol. The van der Waals surface area contributed by atoms with Crippen LogP contribution in [0.3, 0.4) is 0 Å². The number of carbonyl (C=O) groups excluding carboxylic acids is 4. The van der Waals surface area contributed by atoms with Gasteiger partial charge in [-0.05, 0) is 128 Å². The first-order valence-corrected chi connectivity index (χ1v) is 44.2. The quantitative estimate of drug-likeness (QED) is 0.00970. The molecule has 2 radical (unpaired) electrons. The summed E-state index contributed by atoms with van der Waals surface area (Å²) in [7, 11) is -9.41. The Hall–Kier alpha value is -2.74. The van der Waals surface area contributed by atoms with Crippen LogP contribution in [-0.2, 0) is 65.5 Å². The number of aliphatic hydroxyl groups is 1. The molecule has 5 N–H and O–H groups in total. The zero-order chi connectivity index (χ0) is 74.6. The van der Waals surface area contributed by atoms with Gasteiger partial charge in [-0.25, -0.2) is 0 Å². The topological polar surface area (TPSA) is 285 Å². The molecule has 0 heterocycles. The third kappa shape index (κ3) is 70.3. The van der Waals surface area contributed by atoms with E-state index in [0.29, 0.717) is 25.7 Å². The smallest absolute Gasteiger partial charge is 0.574 e. The molecule has 0 amide bonds. The average molecular weight is 1490 g/mol. The van der Waals surface area contributed by atoms with E-state index >= 15 is 0 Å². The van der Waals surface area contributed by atoms with E-state index in [0.717, 1.165) is 154 Å². The molecule has 0 fully saturated rings. The number of phosphoric ester groups is 2. The molecule has 0 saturated carbocycles. The molecule has 0 aromatic heterocycles. The van der Waals surface area contributed by atoms with Gasteiger partial charge in [0.1, 0.15) is 45.4 Å². The number of ether oxygens (including phenoxy) is 4. The number of nitrogens with two attached hydrogens (primary N) is 2. The molecule has 0 aromatic carbocycles. The maximum absolute atomic E-state index is 13.6. The number of allylic oxidation sites excluding steroid dienone is 8. The van der Waals surface area contributed by atoms with Gasteiger partial charge in [0.25, 0.3) is 0 Å². The lowest BCUT2D eigenvalue weighted by molar-refractivity contribution is -0.257. The summed E-state index contributed by atoms with van der Waals surface area (Å²) < 4.78 is 53.0. The lowest BCUT2D eigenvalue weighted by atomic mass is 10.1. The van der Waals surface area contributed by atoms with Gasteiger partial charge in [0.15, 0.2) is 12.2 Å². The molecule has 102 heavy (non-hydrogen) atoms. The van der Waals surface area contributed by atoms with Crippen LogP contribution in [0.1, 0.15) is 387 Å². The molecule has 0 bridgehead atoms. The summed E-state index contributed by atoms with van der Waals surface area (Å²) in [5.41, 5.74) is 0. The maximum Gasteiger partial charge on any atom is 0.574 e. The largest absolute Gasteiger partial charge is 0.604 e. The van der Waals surface area contributed by atoms with E-state index in [-0.39, 0.29) is 25.7 Å². The second-order valence-electron chi connectivity index (χ2n) is 27.9. The highest BCUT2D eigenvalue weighted by molar-refractivity contribution is 7.54. The van der Waals surface area contributed by atoms with E-state index in [1.807, 2.05) is 0 Å². The van der Waals surface area contributed by atoms with E-state index in [9.17, 15) is 34.1 Å². The fourth-order valence-electron chi connectivity index (χ4n) is 11.5. The van der Waals surface area contributed by atoms with Gasteiger partial charge in [-0.2, -0.15) is 29.9 Å². The Bertz CT molecular complexity index is 1870. The van der Waals surface area contributed by atoms with E-state index in [2.05, 4.69) is 85.6 Å². The van der Waals surface area contributed by atoms with Crippen molar-refractivity contribution in [2.75, 3.05) is 39.6 Å². The molecule has 0 aromatic rings. The van der Waals surface area contributed by atoms with Gasteiger partial charge < -0.3 is 33.8 Å². The predicted octanol–water partition coefficient (Wildman–Crippen LogP) is 21.3. The highest BCUT2D eigenvalue weighted by Crippen LogP contribution is 2.54. The molecule has 0 saturated heterocycles. The van der Waals surface area contributed by atoms with E-state index in [1.54, 1.807) is 0 Å². The number of aliphatic hydroxyl groups excluding tert-OH is 1. The molecular formula is C81H152N2O17P2+2. The Morgan fingerprint density at radius 3 is 0.765 bits per heavy atom. The Morgan fingerprint density at radius 1 is 0.324 bits per heavy atom. The summed E-state index contributed by atoms with van der Waals surface area (Å²) in [5.74, 6) is 8.67. The van der Waals surface area contributed by atoms with Crippen molar-refractivity contribution in [1.29, 1.82) is 0 Å². The zero-order valence-corrected chi connectivity index (χ0v) is 67.0. The van der Waals surface area contributed by atoms with Crippen molar-refractivity contribution in [2.45, 2.75) is 406 Å². The predicted molar refractivity (Wildman–Crippen MR) is 414 cm³/mol. The second kappa shape index (κ2) is 76.5. The second-order valence-corrected chi connectivity index (χ2v) is 31.1. The first-order chi connectivity index (χ1) is 49.8. The number of esters is 4. The van der Waals surface area contributed by atoms with Crippen molar-refractivity contribution in [3.05, 3.63) is 48.6 Å². The molecule has 19 nitrogen and oxygen atoms in total. The van der Waals surface area contributed by atoms with Gasteiger partial charge in [0.2, 0.25) is 13.2 Å². The van der Waals surface area contributed by atoms with Gasteiger partial charge >= 0.3 is 40.2 Å². The van der Waals surface area contributed by atoms with Crippen LogP contribution in [0.4, 0.5) is 0 Å². The molecule has 0 aliphatic heterocycles. The monoisotopic (exact) mass is 1490 g/mol. The molecule has 2 unspecified atom stereocenters. The van der Waals surface area contributed by atoms with Crippen LogP contribution in [0, 0.1) is 0 Å². The maximum atomic E-state index is 13.6. The SMILES string of the molecule is CCCCCCCC/C=C\CCCCCCCC(=O)O[C@H](COC(=[O+])CCCCCCC/C=C\CCCCCCCC)CO[P+]([O-])(ON)OCC(O)CO[P+]([O-])(ON)OC[C@@H](COC(=[O+])CCCCCCC/C=C\CCCCCCCC)OC(=O)CCCCCCC/C=C\CCCCCCCC. The van der Waals surface area contributed by atoms with Crippen LogP contribution in [0.25, 0.3) is 0 Å². The number of hydrogen-bond acceptors (Lipinski definition) is 19. The molecule has 0 aliphatic carbocycles. The number of rotatable bonds is 80. The van der Waals surface area contributed by atoms with Crippen molar-refractivity contribution in [1.82, 2.24) is 0 Å². The summed E-state index contributed by atoms with van der Waals surface area (Å²) in [6, 6.07) is 0. The van der Waals surface area contributed by atoms with E-state index in [1.165, 1.54) is 154 Å². The van der Waals surface area contributed by atoms with Crippen molar-refractivity contribution < 1.29 is 80.4 Å². The molecule has 0 rings (SSSR count). The summed E-state index contributed by atoms with van der Waals surface area (Å²) in [6.45, 7) is 5.22. The summed E-state index contributed by atoms with van der Waals surface area (Å²) >= 11 is 0. The van der Waals surface area contributed by atoms with Crippen LogP contribution < -0.4 is 21.6 Å². The van der Waals surface area contributed by atoms with E-state index < -0.39 is 98.2 Å². The molecule has 0 spiro atoms. The van der Waals surface area contributed by atoms with Crippen LogP contribution in [0.2, 0.25) is 0 Å². The fourth-order valence-corrected chi connectivity index (χ4v) is 13.3. The summed E-state index contributed by atoms with van der Waals surface area (Å²) in [6.07, 6.45) is 72.5. The number of phosphoric acid groups is 2. The minimum Gasteiger partial charge on any atom is -0.604 e. The van der Waals surface area contributed by atoms with Crippen LogP contribution >= 0.6 is 16.3 Å². The Kier molecular flexibility index (Phi) is 74.4. The standard InChI is InChI=1S/C81H152N2O17P2/c1-5-9-13-17-21-25-29-33-37-41-45-49-53-57-61-65-78(85)91-71-76(97-80(87)67-63-59-55-51-47-43-39-35-31-27-23-19-15-11-7-3)73-95-101(89,99-82)93-69-75(84)70-94-102(90,100-83)96-74-77(98-81(88)68-64-60-56-52-48-44-40-36-32-28-24-20-16-12-8-4)72-92-79(86)66-62-58-54-50-46-42-38-34-30-26-22-18-14-10-6-2/h33-40,75-77,84H,5-32,41-74,82-83H2,1-4H3/q+2/b37-33-,38-34-,39-35-,40-36-/t75?,76-,77-,101?,102?/m1/s1. The van der Waals surface area contributed by atoms with E-state index in [4.69, 9.17) is 48.8 Å². The normalized spacial score (nSPS) is 14.1. The highest BCUT2D eigenvalue weighted by Gasteiger charge is 2.40. The van der Waals surface area contributed by atoms with Gasteiger partial charge in [0, 0.05) is 22.4 Å². The minimum atomic E-state index is -4.70. The Labute approximate surface area is 623 Å². The lowest BCUT2D eigenvalue weighted by Gasteiger charge is -2.26. The van der Waals surface area contributed by atoms with Crippen LogP contribution in [0.15, 0.2) is 48.6 Å². The number of hydrogen-bond donors (Lipinski definition) is 3. The summed E-state index contributed by atoms with van der Waals surface area (Å²) in [5, 5.41) is 10.9.